The van der Waals surface area contributed by atoms with E-state index < -0.39 is 0 Å². The molecule has 88 valence electrons. The van der Waals surface area contributed by atoms with E-state index in [0.29, 0.717) is 6.54 Å². The topological polar surface area (TPSA) is 32.3 Å². The SMILES string of the molecule is CNCCN(C)CC(=O)c1ccccc1Br. The Morgan fingerprint density at radius 2 is 2.12 bits per heavy atom. The van der Waals surface area contributed by atoms with Crippen LogP contribution in [0.25, 0.3) is 0 Å². The smallest absolute Gasteiger partial charge is 0.177 e. The van der Waals surface area contributed by atoms with Crippen molar-refractivity contribution in [2.45, 2.75) is 0 Å². The van der Waals surface area contributed by atoms with Crippen LogP contribution in [0.4, 0.5) is 0 Å². The predicted molar refractivity (Wildman–Crippen MR) is 69.9 cm³/mol. The first-order chi connectivity index (χ1) is 7.65. The minimum atomic E-state index is 0.145. The first kappa shape index (κ1) is 13.4. The summed E-state index contributed by atoms with van der Waals surface area (Å²) in [6, 6.07) is 7.52. The Morgan fingerprint density at radius 3 is 2.75 bits per heavy atom. The average Bonchev–Trinajstić information content (AvgIpc) is 2.26. The van der Waals surface area contributed by atoms with Crippen LogP contribution < -0.4 is 5.32 Å². The van der Waals surface area contributed by atoms with Crippen LogP contribution in [0.2, 0.25) is 0 Å². The molecular weight excluding hydrogens is 268 g/mol. The summed E-state index contributed by atoms with van der Waals surface area (Å²) in [5.41, 5.74) is 0.749. The molecule has 1 aromatic carbocycles. The normalized spacial score (nSPS) is 10.8. The highest BCUT2D eigenvalue weighted by molar-refractivity contribution is 9.10. The van der Waals surface area contributed by atoms with Gasteiger partial charge < -0.3 is 5.32 Å². The quantitative estimate of drug-likeness (QED) is 0.809. The van der Waals surface area contributed by atoms with E-state index in [1.165, 1.54) is 0 Å². The number of rotatable bonds is 6. The highest BCUT2D eigenvalue weighted by atomic mass is 79.9. The van der Waals surface area contributed by atoms with Crippen LogP contribution in [-0.4, -0.2) is 44.4 Å². The van der Waals surface area contributed by atoms with E-state index in [0.717, 1.165) is 23.1 Å². The van der Waals surface area contributed by atoms with Gasteiger partial charge in [-0.3, -0.25) is 9.69 Å². The van der Waals surface area contributed by atoms with Crippen LogP contribution in [0, 0.1) is 0 Å². The van der Waals surface area contributed by atoms with Crippen molar-refractivity contribution in [1.82, 2.24) is 10.2 Å². The van der Waals surface area contributed by atoms with Gasteiger partial charge in [-0.1, -0.05) is 34.1 Å². The Bertz CT molecular complexity index is 355. The van der Waals surface area contributed by atoms with Gasteiger partial charge >= 0.3 is 0 Å². The molecule has 0 bridgehead atoms. The van der Waals surface area contributed by atoms with Gasteiger partial charge in [0.15, 0.2) is 5.78 Å². The second-order valence-corrected chi connectivity index (χ2v) is 4.60. The molecular formula is C12H17BrN2O. The Balaban J connectivity index is 2.56. The Kier molecular flexibility index (Phi) is 5.66. The fourth-order valence-corrected chi connectivity index (χ4v) is 1.91. The fourth-order valence-electron chi connectivity index (χ4n) is 1.40. The zero-order valence-corrected chi connectivity index (χ0v) is 11.3. The summed E-state index contributed by atoms with van der Waals surface area (Å²) in [6.45, 7) is 2.21. The van der Waals surface area contributed by atoms with Crippen molar-refractivity contribution in [2.75, 3.05) is 33.7 Å². The molecule has 0 saturated heterocycles. The molecule has 0 fully saturated rings. The molecule has 1 rings (SSSR count). The Labute approximate surface area is 105 Å². The molecule has 1 N–H and O–H groups in total. The number of ketones is 1. The van der Waals surface area contributed by atoms with E-state index in [-0.39, 0.29) is 5.78 Å². The lowest BCUT2D eigenvalue weighted by molar-refractivity contribution is 0.0946. The summed E-state index contributed by atoms with van der Waals surface area (Å²) in [4.78, 5) is 14.0. The standard InChI is InChI=1S/C12H17BrN2O/c1-14-7-8-15(2)9-12(16)10-5-3-4-6-11(10)13/h3-6,14H,7-9H2,1-2H3. The van der Waals surface area contributed by atoms with Gasteiger partial charge in [0, 0.05) is 23.1 Å². The van der Waals surface area contributed by atoms with Crippen molar-refractivity contribution < 1.29 is 4.79 Å². The van der Waals surface area contributed by atoms with Gasteiger partial charge in [-0.05, 0) is 20.2 Å². The number of carbonyl (C=O) groups is 1. The number of Topliss-reactive ketones (excluding diaryl/α,β-unsaturated/α-hetero) is 1. The van der Waals surface area contributed by atoms with Gasteiger partial charge in [0.2, 0.25) is 0 Å². The molecule has 0 amide bonds. The Morgan fingerprint density at radius 1 is 1.44 bits per heavy atom. The number of likely N-dealkylation sites (N-methyl/N-ethyl adjacent to an activating group) is 2. The molecule has 0 unspecified atom stereocenters. The molecule has 1 aromatic rings. The predicted octanol–water partition coefficient (Wildman–Crippen LogP) is 1.78. The van der Waals surface area contributed by atoms with E-state index in [1.54, 1.807) is 0 Å². The molecule has 3 nitrogen and oxygen atoms in total. The molecule has 0 aliphatic rings. The molecule has 0 aliphatic carbocycles. The molecule has 0 atom stereocenters. The molecule has 0 heterocycles. The molecule has 16 heavy (non-hydrogen) atoms. The second-order valence-electron chi connectivity index (χ2n) is 3.74. The molecule has 0 spiro atoms. The molecule has 0 saturated carbocycles. The van der Waals surface area contributed by atoms with Gasteiger partial charge in [0.25, 0.3) is 0 Å². The summed E-state index contributed by atoms with van der Waals surface area (Å²) in [6.07, 6.45) is 0. The van der Waals surface area contributed by atoms with Crippen LogP contribution >= 0.6 is 15.9 Å². The number of nitrogens with zero attached hydrogens (tertiary/aromatic N) is 1. The number of halogens is 1. The van der Waals surface area contributed by atoms with Crippen molar-refractivity contribution >= 4 is 21.7 Å². The maximum absolute atomic E-state index is 11.9. The highest BCUT2D eigenvalue weighted by Gasteiger charge is 2.11. The van der Waals surface area contributed by atoms with E-state index in [4.69, 9.17) is 0 Å². The third-order valence-electron chi connectivity index (χ3n) is 2.33. The fraction of sp³-hybridized carbons (Fsp3) is 0.417. The first-order valence-electron chi connectivity index (χ1n) is 5.26. The van der Waals surface area contributed by atoms with Crippen molar-refractivity contribution in [3.8, 4) is 0 Å². The van der Waals surface area contributed by atoms with Crippen LogP contribution in [0.5, 0.6) is 0 Å². The van der Waals surface area contributed by atoms with Gasteiger partial charge in [-0.2, -0.15) is 0 Å². The maximum atomic E-state index is 11.9. The zero-order valence-electron chi connectivity index (χ0n) is 9.66. The van der Waals surface area contributed by atoms with E-state index in [1.807, 2.05) is 43.3 Å². The van der Waals surface area contributed by atoms with E-state index >= 15 is 0 Å². The van der Waals surface area contributed by atoms with E-state index in [2.05, 4.69) is 21.2 Å². The number of hydrogen-bond acceptors (Lipinski definition) is 3. The van der Waals surface area contributed by atoms with Crippen LogP contribution in [0.3, 0.4) is 0 Å². The van der Waals surface area contributed by atoms with Gasteiger partial charge in [-0.15, -0.1) is 0 Å². The second kappa shape index (κ2) is 6.78. The zero-order chi connectivity index (χ0) is 12.0. The number of nitrogens with one attached hydrogen (secondary N) is 1. The first-order valence-corrected chi connectivity index (χ1v) is 6.05. The van der Waals surface area contributed by atoms with Crippen molar-refractivity contribution in [2.24, 2.45) is 0 Å². The van der Waals surface area contributed by atoms with Gasteiger partial charge in [-0.25, -0.2) is 0 Å². The maximum Gasteiger partial charge on any atom is 0.177 e. The van der Waals surface area contributed by atoms with E-state index in [9.17, 15) is 4.79 Å². The lowest BCUT2D eigenvalue weighted by Crippen LogP contribution is -2.31. The lowest BCUT2D eigenvalue weighted by Gasteiger charge is -2.15. The van der Waals surface area contributed by atoms with Crippen LogP contribution in [-0.2, 0) is 0 Å². The van der Waals surface area contributed by atoms with Crippen molar-refractivity contribution in [1.29, 1.82) is 0 Å². The minimum absolute atomic E-state index is 0.145. The monoisotopic (exact) mass is 284 g/mol. The van der Waals surface area contributed by atoms with Crippen molar-refractivity contribution in [3.63, 3.8) is 0 Å². The lowest BCUT2D eigenvalue weighted by atomic mass is 10.1. The molecule has 0 aromatic heterocycles. The summed E-state index contributed by atoms with van der Waals surface area (Å²) in [7, 11) is 3.86. The largest absolute Gasteiger partial charge is 0.318 e. The van der Waals surface area contributed by atoms with Crippen LogP contribution in [0.15, 0.2) is 28.7 Å². The van der Waals surface area contributed by atoms with Gasteiger partial charge in [0.05, 0.1) is 6.54 Å². The molecule has 0 aliphatic heterocycles. The number of hydrogen-bond donors (Lipinski definition) is 1. The molecule has 0 radical (unpaired) electrons. The minimum Gasteiger partial charge on any atom is -0.318 e. The number of carbonyl (C=O) groups excluding carboxylic acids is 1. The molecule has 4 heteroatoms. The highest BCUT2D eigenvalue weighted by Crippen LogP contribution is 2.16. The summed E-state index contributed by atoms with van der Waals surface area (Å²) < 4.78 is 0.863. The summed E-state index contributed by atoms with van der Waals surface area (Å²) in [5.74, 6) is 0.145. The van der Waals surface area contributed by atoms with Crippen LogP contribution in [0.1, 0.15) is 10.4 Å². The average molecular weight is 285 g/mol. The summed E-state index contributed by atoms with van der Waals surface area (Å²) >= 11 is 3.39. The van der Waals surface area contributed by atoms with Gasteiger partial charge in [0.1, 0.15) is 0 Å². The number of benzene rings is 1. The Hall–Kier alpha value is -0.710. The third-order valence-corrected chi connectivity index (χ3v) is 3.02. The summed E-state index contributed by atoms with van der Waals surface area (Å²) in [5, 5.41) is 3.06. The van der Waals surface area contributed by atoms with Crippen molar-refractivity contribution in [3.05, 3.63) is 34.3 Å². The third kappa shape index (κ3) is 4.04.